The summed E-state index contributed by atoms with van der Waals surface area (Å²) in [6, 6.07) is 3.43. The molecule has 0 saturated heterocycles. The molecule has 1 unspecified atom stereocenters. The maximum Gasteiger partial charge on any atom is 0.274 e. The van der Waals surface area contributed by atoms with Crippen LogP contribution in [0.15, 0.2) is 18.3 Å². The number of nitrogens with two attached hydrogens (primary N) is 1. The molecule has 1 heterocycles. The summed E-state index contributed by atoms with van der Waals surface area (Å²) < 4.78 is 1.67. The summed E-state index contributed by atoms with van der Waals surface area (Å²) in [6.45, 7) is 2.63. The average molecular weight is 269 g/mol. The molecule has 0 aliphatic heterocycles. The summed E-state index contributed by atoms with van der Waals surface area (Å²) in [5.74, 6) is -0.355. The van der Waals surface area contributed by atoms with E-state index in [0.29, 0.717) is 17.5 Å². The lowest BCUT2D eigenvalue weighted by Gasteiger charge is -2.09. The molecule has 0 radical (unpaired) electrons. The van der Waals surface area contributed by atoms with Crippen molar-refractivity contribution in [3.63, 3.8) is 0 Å². The molecule has 1 atom stereocenters. The van der Waals surface area contributed by atoms with E-state index in [2.05, 4.69) is 5.32 Å². The monoisotopic (exact) mass is 269 g/mol. The Kier molecular flexibility index (Phi) is 5.94. The predicted octanol–water partition coefficient (Wildman–Crippen LogP) is 0.752. The van der Waals surface area contributed by atoms with E-state index in [1.807, 2.05) is 6.92 Å². The minimum atomic E-state index is -0.362. The third kappa shape index (κ3) is 4.54. The Hall–Kier alpha value is -1.27. The average Bonchev–Trinajstić information content (AvgIpc) is 2.73. The van der Waals surface area contributed by atoms with Gasteiger partial charge in [-0.2, -0.15) is 0 Å². The Morgan fingerprint density at radius 3 is 2.83 bits per heavy atom. The number of hydrogen-bond acceptors (Lipinski definition) is 4. The van der Waals surface area contributed by atoms with Gasteiger partial charge in [-0.1, -0.05) is 6.92 Å². The van der Waals surface area contributed by atoms with Gasteiger partial charge in [0.25, 0.3) is 5.91 Å². The first-order valence-electron chi connectivity index (χ1n) is 5.81. The van der Waals surface area contributed by atoms with Crippen molar-refractivity contribution >= 4 is 23.6 Å². The molecular weight excluding hydrogens is 250 g/mol. The van der Waals surface area contributed by atoms with Crippen LogP contribution in [-0.4, -0.2) is 33.9 Å². The van der Waals surface area contributed by atoms with Crippen molar-refractivity contribution in [3.8, 4) is 0 Å². The number of imide groups is 1. The lowest BCUT2D eigenvalue weighted by molar-refractivity contribution is -0.117. The van der Waals surface area contributed by atoms with E-state index in [1.54, 1.807) is 29.9 Å². The van der Waals surface area contributed by atoms with Gasteiger partial charge in [-0.3, -0.25) is 14.9 Å². The standard InChI is InChI=1S/C12H19N3O2S/c1-9(5-6-13)18-8-11(16)14-12(17)10-4-3-7-15(10)2/h3-4,7,9H,5-6,8,13H2,1-2H3,(H,14,16,17). The quantitative estimate of drug-likeness (QED) is 0.799. The van der Waals surface area contributed by atoms with Crippen molar-refractivity contribution < 1.29 is 9.59 Å². The normalized spacial score (nSPS) is 12.2. The predicted molar refractivity (Wildman–Crippen MR) is 73.5 cm³/mol. The van der Waals surface area contributed by atoms with Crippen molar-refractivity contribution in [2.45, 2.75) is 18.6 Å². The summed E-state index contributed by atoms with van der Waals surface area (Å²) >= 11 is 1.50. The van der Waals surface area contributed by atoms with E-state index in [9.17, 15) is 9.59 Å². The first-order valence-corrected chi connectivity index (χ1v) is 6.86. The van der Waals surface area contributed by atoms with Crippen LogP contribution >= 0.6 is 11.8 Å². The summed E-state index contributed by atoms with van der Waals surface area (Å²) in [5, 5.41) is 2.69. The summed E-state index contributed by atoms with van der Waals surface area (Å²) in [6.07, 6.45) is 2.63. The fourth-order valence-electron chi connectivity index (χ4n) is 1.46. The van der Waals surface area contributed by atoms with Crippen LogP contribution < -0.4 is 11.1 Å². The Morgan fingerprint density at radius 2 is 2.28 bits per heavy atom. The van der Waals surface area contributed by atoms with Gasteiger partial charge in [0.15, 0.2) is 0 Å². The molecule has 1 aromatic rings. The topological polar surface area (TPSA) is 77.1 Å². The molecule has 3 N–H and O–H groups in total. The Labute approximate surface area is 111 Å². The van der Waals surface area contributed by atoms with Gasteiger partial charge in [0.2, 0.25) is 5.91 Å². The Bertz CT molecular complexity index is 417. The smallest absolute Gasteiger partial charge is 0.274 e. The SMILES string of the molecule is CC(CCN)SCC(=O)NC(=O)c1cccn1C. The molecule has 0 aliphatic carbocycles. The molecule has 1 rings (SSSR count). The molecule has 0 aromatic carbocycles. The first kappa shape index (κ1) is 14.8. The van der Waals surface area contributed by atoms with Crippen LogP contribution in [-0.2, 0) is 11.8 Å². The van der Waals surface area contributed by atoms with Gasteiger partial charge >= 0.3 is 0 Å². The molecule has 0 bridgehead atoms. The number of thioether (sulfide) groups is 1. The van der Waals surface area contributed by atoms with Gasteiger partial charge in [0.05, 0.1) is 5.75 Å². The highest BCUT2D eigenvalue weighted by atomic mass is 32.2. The molecule has 0 aliphatic rings. The van der Waals surface area contributed by atoms with E-state index in [0.717, 1.165) is 6.42 Å². The second kappa shape index (κ2) is 7.23. The highest BCUT2D eigenvalue weighted by Gasteiger charge is 2.13. The van der Waals surface area contributed by atoms with Gasteiger partial charge < -0.3 is 10.3 Å². The molecule has 0 saturated carbocycles. The van der Waals surface area contributed by atoms with Crippen LogP contribution in [0.4, 0.5) is 0 Å². The number of hydrogen-bond donors (Lipinski definition) is 2. The second-order valence-electron chi connectivity index (χ2n) is 4.08. The number of carbonyl (C=O) groups excluding carboxylic acids is 2. The third-order valence-corrected chi connectivity index (χ3v) is 3.74. The van der Waals surface area contributed by atoms with Crippen LogP contribution in [0.3, 0.4) is 0 Å². The second-order valence-corrected chi connectivity index (χ2v) is 5.51. The van der Waals surface area contributed by atoms with Crippen LogP contribution in [0.1, 0.15) is 23.8 Å². The van der Waals surface area contributed by atoms with Crippen molar-refractivity contribution in [3.05, 3.63) is 24.0 Å². The Balaban J connectivity index is 2.37. The minimum Gasteiger partial charge on any atom is -0.347 e. The van der Waals surface area contributed by atoms with E-state index in [4.69, 9.17) is 5.73 Å². The highest BCUT2D eigenvalue weighted by Crippen LogP contribution is 2.12. The summed E-state index contributed by atoms with van der Waals surface area (Å²) in [4.78, 5) is 23.3. The summed E-state index contributed by atoms with van der Waals surface area (Å²) in [7, 11) is 1.76. The number of carbonyl (C=O) groups is 2. The third-order valence-electron chi connectivity index (χ3n) is 2.50. The van der Waals surface area contributed by atoms with Gasteiger partial charge in [0, 0.05) is 18.5 Å². The number of amides is 2. The maximum absolute atomic E-state index is 11.7. The largest absolute Gasteiger partial charge is 0.347 e. The number of nitrogens with one attached hydrogen (secondary N) is 1. The van der Waals surface area contributed by atoms with Crippen LogP contribution in [0.2, 0.25) is 0 Å². The number of rotatable bonds is 6. The zero-order chi connectivity index (χ0) is 13.5. The number of aromatic nitrogens is 1. The zero-order valence-corrected chi connectivity index (χ0v) is 11.5. The molecule has 5 nitrogen and oxygen atoms in total. The van der Waals surface area contributed by atoms with Crippen LogP contribution in [0, 0.1) is 0 Å². The van der Waals surface area contributed by atoms with Gasteiger partial charge in [0.1, 0.15) is 5.69 Å². The van der Waals surface area contributed by atoms with E-state index < -0.39 is 0 Å². The maximum atomic E-state index is 11.7. The molecule has 6 heteroatoms. The van der Waals surface area contributed by atoms with Gasteiger partial charge in [-0.15, -0.1) is 11.8 Å². The lowest BCUT2D eigenvalue weighted by Crippen LogP contribution is -2.33. The van der Waals surface area contributed by atoms with E-state index in [1.165, 1.54) is 11.8 Å². The minimum absolute atomic E-state index is 0.268. The fourth-order valence-corrected chi connectivity index (χ4v) is 2.27. The molecule has 2 amide bonds. The van der Waals surface area contributed by atoms with E-state index in [-0.39, 0.29) is 17.6 Å². The van der Waals surface area contributed by atoms with Gasteiger partial charge in [-0.25, -0.2) is 0 Å². The molecule has 1 aromatic heterocycles. The Morgan fingerprint density at radius 1 is 1.56 bits per heavy atom. The molecule has 0 fully saturated rings. The van der Waals surface area contributed by atoms with Crippen LogP contribution in [0.25, 0.3) is 0 Å². The molecule has 18 heavy (non-hydrogen) atoms. The lowest BCUT2D eigenvalue weighted by atomic mass is 10.3. The first-order chi connectivity index (χ1) is 8.54. The molecular formula is C12H19N3O2S. The van der Waals surface area contributed by atoms with Crippen molar-refractivity contribution in [2.24, 2.45) is 12.8 Å². The fraction of sp³-hybridized carbons (Fsp3) is 0.500. The number of aryl methyl sites for hydroxylation is 1. The molecule has 0 spiro atoms. The van der Waals surface area contributed by atoms with Crippen molar-refractivity contribution in [2.75, 3.05) is 12.3 Å². The summed E-state index contributed by atoms with van der Waals surface area (Å²) in [5.41, 5.74) is 5.90. The number of nitrogens with zero attached hydrogens (tertiary/aromatic N) is 1. The van der Waals surface area contributed by atoms with Gasteiger partial charge in [-0.05, 0) is 25.1 Å². The van der Waals surface area contributed by atoms with Crippen molar-refractivity contribution in [1.82, 2.24) is 9.88 Å². The van der Waals surface area contributed by atoms with E-state index >= 15 is 0 Å². The molecule has 100 valence electrons. The van der Waals surface area contributed by atoms with Crippen LogP contribution in [0.5, 0.6) is 0 Å². The zero-order valence-electron chi connectivity index (χ0n) is 10.7. The highest BCUT2D eigenvalue weighted by molar-refractivity contribution is 8.00. The van der Waals surface area contributed by atoms with Crippen molar-refractivity contribution in [1.29, 1.82) is 0 Å².